The molecule has 1 fully saturated rings. The fourth-order valence-corrected chi connectivity index (χ4v) is 5.31. The maximum Gasteiger partial charge on any atom is 0.354 e. The van der Waals surface area contributed by atoms with Gasteiger partial charge in [0.1, 0.15) is 5.69 Å². The SMILES string of the molecule is COC(=O)c1cc2c3c(ccc2[nH]1)[C@@H]1CCCN(Cc2ccccc2)[C@H]1CC3. The Morgan fingerprint density at radius 1 is 1.18 bits per heavy atom. The second-order valence-electron chi connectivity index (χ2n) is 8.08. The number of fused-ring (bicyclic) bond motifs is 5. The lowest BCUT2D eigenvalue weighted by atomic mass is 9.73. The van der Waals surface area contributed by atoms with E-state index < -0.39 is 0 Å². The second-order valence-corrected chi connectivity index (χ2v) is 8.08. The van der Waals surface area contributed by atoms with Gasteiger partial charge in [0.2, 0.25) is 0 Å². The van der Waals surface area contributed by atoms with Crippen LogP contribution >= 0.6 is 0 Å². The van der Waals surface area contributed by atoms with Gasteiger partial charge in [-0.25, -0.2) is 4.79 Å². The third-order valence-corrected chi connectivity index (χ3v) is 6.57. The van der Waals surface area contributed by atoms with Gasteiger partial charge in [0.25, 0.3) is 0 Å². The van der Waals surface area contributed by atoms with Crippen molar-refractivity contribution in [1.29, 1.82) is 0 Å². The molecule has 2 atom stereocenters. The van der Waals surface area contributed by atoms with E-state index >= 15 is 0 Å². The highest BCUT2D eigenvalue weighted by Gasteiger charge is 2.37. The number of carbonyl (C=O) groups is 1. The third-order valence-electron chi connectivity index (χ3n) is 6.57. The number of H-pyrrole nitrogens is 1. The average molecular weight is 374 g/mol. The number of rotatable bonds is 3. The predicted molar refractivity (Wildman–Crippen MR) is 111 cm³/mol. The number of aryl methyl sites for hydroxylation is 1. The van der Waals surface area contributed by atoms with Crippen LogP contribution in [0.4, 0.5) is 0 Å². The minimum Gasteiger partial charge on any atom is -0.464 e. The monoisotopic (exact) mass is 374 g/mol. The van der Waals surface area contributed by atoms with Crippen molar-refractivity contribution in [2.75, 3.05) is 13.7 Å². The molecular weight excluding hydrogens is 348 g/mol. The molecular formula is C24H26N2O2. The minimum absolute atomic E-state index is 0.301. The van der Waals surface area contributed by atoms with E-state index in [4.69, 9.17) is 4.74 Å². The van der Waals surface area contributed by atoms with Crippen molar-refractivity contribution in [2.24, 2.45) is 0 Å². The van der Waals surface area contributed by atoms with Crippen molar-refractivity contribution in [3.05, 3.63) is 70.9 Å². The highest BCUT2D eigenvalue weighted by molar-refractivity contribution is 5.96. The van der Waals surface area contributed by atoms with Crippen LogP contribution < -0.4 is 0 Å². The topological polar surface area (TPSA) is 45.3 Å². The molecule has 144 valence electrons. The Bertz CT molecular complexity index is 1010. The highest BCUT2D eigenvalue weighted by atomic mass is 16.5. The first-order valence-electron chi connectivity index (χ1n) is 10.3. The normalized spacial score (nSPS) is 21.9. The highest BCUT2D eigenvalue weighted by Crippen LogP contribution is 2.43. The van der Waals surface area contributed by atoms with Gasteiger partial charge >= 0.3 is 5.97 Å². The fourth-order valence-electron chi connectivity index (χ4n) is 5.31. The first-order chi connectivity index (χ1) is 13.7. The Hall–Kier alpha value is -2.59. The van der Waals surface area contributed by atoms with Gasteiger partial charge in [-0.3, -0.25) is 4.90 Å². The predicted octanol–water partition coefficient (Wildman–Crippen LogP) is 4.65. The molecule has 0 spiro atoms. The first-order valence-corrected chi connectivity index (χ1v) is 10.3. The third kappa shape index (κ3) is 2.92. The number of hydrogen-bond acceptors (Lipinski definition) is 3. The van der Waals surface area contributed by atoms with E-state index in [2.05, 4.69) is 52.3 Å². The lowest BCUT2D eigenvalue weighted by Gasteiger charge is -2.45. The summed E-state index contributed by atoms with van der Waals surface area (Å²) < 4.78 is 4.89. The smallest absolute Gasteiger partial charge is 0.354 e. The summed E-state index contributed by atoms with van der Waals surface area (Å²) in [6.45, 7) is 2.22. The summed E-state index contributed by atoms with van der Waals surface area (Å²) in [7, 11) is 1.43. The lowest BCUT2D eigenvalue weighted by molar-refractivity contribution is 0.0595. The van der Waals surface area contributed by atoms with Crippen LogP contribution in [0.5, 0.6) is 0 Å². The number of hydrogen-bond donors (Lipinski definition) is 1. The summed E-state index contributed by atoms with van der Waals surface area (Å²) in [5.41, 5.74) is 5.89. The number of aromatic nitrogens is 1. The molecule has 1 saturated heterocycles. The van der Waals surface area contributed by atoms with Crippen molar-refractivity contribution in [1.82, 2.24) is 9.88 Å². The number of esters is 1. The minimum atomic E-state index is -0.301. The Morgan fingerprint density at radius 2 is 2.04 bits per heavy atom. The molecule has 5 rings (SSSR count). The molecule has 3 aromatic rings. The van der Waals surface area contributed by atoms with E-state index in [-0.39, 0.29) is 5.97 Å². The Morgan fingerprint density at radius 3 is 2.86 bits per heavy atom. The molecule has 0 radical (unpaired) electrons. The summed E-state index contributed by atoms with van der Waals surface area (Å²) in [5, 5.41) is 1.19. The molecule has 0 unspecified atom stereocenters. The van der Waals surface area contributed by atoms with E-state index in [0.717, 1.165) is 18.5 Å². The van der Waals surface area contributed by atoms with E-state index in [9.17, 15) is 4.79 Å². The number of nitrogens with zero attached hydrogens (tertiary/aromatic N) is 1. The fraction of sp³-hybridized carbons (Fsp3) is 0.375. The van der Waals surface area contributed by atoms with Gasteiger partial charge in [-0.1, -0.05) is 36.4 Å². The zero-order valence-corrected chi connectivity index (χ0v) is 16.3. The molecule has 1 aromatic heterocycles. The molecule has 4 heteroatoms. The Kier molecular flexibility index (Phi) is 4.44. The van der Waals surface area contributed by atoms with Gasteiger partial charge < -0.3 is 9.72 Å². The quantitative estimate of drug-likeness (QED) is 0.679. The van der Waals surface area contributed by atoms with Gasteiger partial charge in [-0.15, -0.1) is 0 Å². The summed E-state index contributed by atoms with van der Waals surface area (Å²) in [5.74, 6) is 0.285. The van der Waals surface area contributed by atoms with Gasteiger partial charge in [-0.05, 0) is 67.0 Å². The lowest BCUT2D eigenvalue weighted by Crippen LogP contribution is -2.45. The maximum atomic E-state index is 11.9. The zero-order chi connectivity index (χ0) is 19.1. The number of methoxy groups -OCH3 is 1. The summed E-state index contributed by atoms with van der Waals surface area (Å²) in [6, 6.07) is 17.8. The Labute approximate surface area is 165 Å². The van der Waals surface area contributed by atoms with E-state index in [1.54, 1.807) is 0 Å². The molecule has 1 aliphatic carbocycles. The van der Waals surface area contributed by atoms with E-state index in [1.165, 1.54) is 55.0 Å². The van der Waals surface area contributed by atoms with Crippen molar-refractivity contribution >= 4 is 16.9 Å². The van der Waals surface area contributed by atoms with Crippen LogP contribution in [0.15, 0.2) is 48.5 Å². The number of benzene rings is 2. The number of likely N-dealkylation sites (tertiary alicyclic amines) is 1. The van der Waals surface area contributed by atoms with Gasteiger partial charge in [0.15, 0.2) is 0 Å². The van der Waals surface area contributed by atoms with Crippen LogP contribution in [0.2, 0.25) is 0 Å². The van der Waals surface area contributed by atoms with Crippen molar-refractivity contribution in [2.45, 2.75) is 44.2 Å². The van der Waals surface area contributed by atoms with Gasteiger partial charge in [0, 0.05) is 23.5 Å². The summed E-state index contributed by atoms with van der Waals surface area (Å²) in [4.78, 5) is 17.8. The standard InChI is InChI=1S/C24H26N2O2/c1-28-24(27)22-14-20-18-10-12-23-19(17(18)9-11-21(20)25-22)8-5-13-26(23)15-16-6-3-2-4-7-16/h2-4,6-7,9,11,14,19,23,25H,5,8,10,12-13,15H2,1H3/t19-,23-/m0/s1. The van der Waals surface area contributed by atoms with E-state index in [0.29, 0.717) is 17.7 Å². The van der Waals surface area contributed by atoms with Crippen molar-refractivity contribution < 1.29 is 9.53 Å². The number of ether oxygens (including phenoxy) is 1. The summed E-state index contributed by atoms with van der Waals surface area (Å²) in [6.07, 6.45) is 4.74. The second kappa shape index (κ2) is 7.10. The molecule has 28 heavy (non-hydrogen) atoms. The number of aromatic amines is 1. The molecule has 2 aliphatic rings. The zero-order valence-electron chi connectivity index (χ0n) is 16.3. The molecule has 1 N–H and O–H groups in total. The average Bonchev–Trinajstić information content (AvgIpc) is 3.18. The maximum absolute atomic E-state index is 11.9. The molecule has 0 bridgehead atoms. The largest absolute Gasteiger partial charge is 0.464 e. The number of piperidine rings is 1. The molecule has 0 amide bonds. The van der Waals surface area contributed by atoms with E-state index in [1.807, 2.05) is 6.07 Å². The van der Waals surface area contributed by atoms with Crippen LogP contribution in [-0.4, -0.2) is 35.5 Å². The van der Waals surface area contributed by atoms with Crippen molar-refractivity contribution in [3.63, 3.8) is 0 Å². The molecule has 1 aliphatic heterocycles. The van der Waals surface area contributed by atoms with Crippen molar-refractivity contribution in [3.8, 4) is 0 Å². The van der Waals surface area contributed by atoms with Crippen LogP contribution in [0, 0.1) is 0 Å². The van der Waals surface area contributed by atoms with Crippen LogP contribution in [0.1, 0.15) is 52.4 Å². The molecule has 2 heterocycles. The van der Waals surface area contributed by atoms with Gasteiger partial charge in [-0.2, -0.15) is 0 Å². The molecule has 0 saturated carbocycles. The van der Waals surface area contributed by atoms with Crippen LogP contribution in [-0.2, 0) is 17.7 Å². The first kappa shape index (κ1) is 17.5. The van der Waals surface area contributed by atoms with Crippen LogP contribution in [0.25, 0.3) is 10.9 Å². The summed E-state index contributed by atoms with van der Waals surface area (Å²) >= 11 is 0. The van der Waals surface area contributed by atoms with Crippen LogP contribution in [0.3, 0.4) is 0 Å². The molecule has 2 aromatic carbocycles. The number of carbonyl (C=O) groups excluding carboxylic acids is 1. The number of nitrogens with one attached hydrogen (secondary N) is 1. The Balaban J connectivity index is 1.48. The molecule has 4 nitrogen and oxygen atoms in total. The van der Waals surface area contributed by atoms with Gasteiger partial charge in [0.05, 0.1) is 7.11 Å².